The summed E-state index contributed by atoms with van der Waals surface area (Å²) in [4.78, 5) is 38.4. The Morgan fingerprint density at radius 1 is 0.256 bits per heavy atom. The molecule has 0 radical (unpaired) electrons. The Morgan fingerprint density at radius 3 is 0.718 bits per heavy atom. The summed E-state index contributed by atoms with van der Waals surface area (Å²) in [6, 6.07) is 0. The molecular formula is C72H134O6. The molecule has 6 nitrogen and oxygen atoms in total. The van der Waals surface area contributed by atoms with Crippen LogP contribution in [0.5, 0.6) is 0 Å². The zero-order valence-electron chi connectivity index (χ0n) is 52.7. The van der Waals surface area contributed by atoms with Crippen LogP contribution in [0.15, 0.2) is 36.5 Å². The molecule has 0 aliphatic heterocycles. The van der Waals surface area contributed by atoms with Crippen molar-refractivity contribution in [2.24, 2.45) is 0 Å². The first-order chi connectivity index (χ1) is 38.5. The maximum absolute atomic E-state index is 13.0. The minimum absolute atomic E-state index is 0.0685. The highest BCUT2D eigenvalue weighted by Crippen LogP contribution is 2.18. The Morgan fingerprint density at radius 2 is 0.462 bits per heavy atom. The maximum atomic E-state index is 13.0. The first-order valence-electron chi connectivity index (χ1n) is 35.0. The molecule has 0 saturated carbocycles. The van der Waals surface area contributed by atoms with E-state index in [-0.39, 0.29) is 31.1 Å². The van der Waals surface area contributed by atoms with Gasteiger partial charge in [-0.05, 0) is 57.8 Å². The van der Waals surface area contributed by atoms with E-state index in [1.807, 2.05) is 0 Å². The standard InChI is InChI=1S/C72H134O6/c1-4-7-10-13-16-19-22-25-28-30-32-34-36-38-40-42-44-47-50-53-56-59-62-65-71(74)77-68-69(67-76-70(73)64-61-58-55-52-49-46-27-24-21-18-15-12-9-6-3)78-72(75)66-63-60-57-54-51-48-45-43-41-39-37-35-33-31-29-26-23-20-17-14-11-8-5-2/h22,25,30,32,36,38,69H,4-21,23-24,26-29,31,33-35,37,39-68H2,1-3H3/b25-22-,32-30-,38-36-. The third-order valence-electron chi connectivity index (χ3n) is 15.9. The topological polar surface area (TPSA) is 78.9 Å². The van der Waals surface area contributed by atoms with E-state index in [0.717, 1.165) is 77.0 Å². The number of esters is 3. The molecule has 0 aliphatic carbocycles. The first kappa shape index (κ1) is 75.6. The summed E-state index contributed by atoms with van der Waals surface area (Å²) in [6.07, 6.45) is 83.1. The molecule has 0 aromatic heterocycles. The van der Waals surface area contributed by atoms with Crippen LogP contribution in [0.3, 0.4) is 0 Å². The number of hydrogen-bond acceptors (Lipinski definition) is 6. The third kappa shape index (κ3) is 64.5. The Labute approximate surface area is 486 Å². The highest BCUT2D eigenvalue weighted by atomic mass is 16.6. The fraction of sp³-hybridized carbons (Fsp3) is 0.875. The van der Waals surface area contributed by atoms with Gasteiger partial charge in [0, 0.05) is 19.3 Å². The minimum Gasteiger partial charge on any atom is -0.462 e. The molecule has 0 aromatic rings. The van der Waals surface area contributed by atoms with Crippen LogP contribution >= 0.6 is 0 Å². The number of hydrogen-bond donors (Lipinski definition) is 0. The van der Waals surface area contributed by atoms with E-state index in [1.54, 1.807) is 0 Å². The lowest BCUT2D eigenvalue weighted by molar-refractivity contribution is -0.167. The van der Waals surface area contributed by atoms with Gasteiger partial charge in [-0.3, -0.25) is 14.4 Å². The van der Waals surface area contributed by atoms with Crippen LogP contribution in [0.2, 0.25) is 0 Å². The molecule has 0 N–H and O–H groups in total. The maximum Gasteiger partial charge on any atom is 0.306 e. The van der Waals surface area contributed by atoms with Crippen LogP contribution in [-0.4, -0.2) is 37.2 Å². The van der Waals surface area contributed by atoms with Gasteiger partial charge >= 0.3 is 17.9 Å². The summed E-state index contributed by atoms with van der Waals surface area (Å²) in [5, 5.41) is 0. The minimum atomic E-state index is -0.773. The molecule has 0 aliphatic rings. The van der Waals surface area contributed by atoms with E-state index < -0.39 is 6.10 Å². The smallest absolute Gasteiger partial charge is 0.306 e. The Balaban J connectivity index is 4.28. The van der Waals surface area contributed by atoms with Gasteiger partial charge in [-0.1, -0.05) is 346 Å². The number of unbranched alkanes of at least 4 members (excludes halogenated alkanes) is 48. The van der Waals surface area contributed by atoms with Gasteiger partial charge in [0.1, 0.15) is 13.2 Å². The zero-order chi connectivity index (χ0) is 56.4. The molecule has 0 aromatic carbocycles. The second kappa shape index (κ2) is 67.1. The lowest BCUT2D eigenvalue weighted by Crippen LogP contribution is -2.30. The van der Waals surface area contributed by atoms with Crippen molar-refractivity contribution in [1.29, 1.82) is 0 Å². The highest BCUT2D eigenvalue weighted by molar-refractivity contribution is 5.71. The molecule has 78 heavy (non-hydrogen) atoms. The van der Waals surface area contributed by atoms with E-state index in [1.165, 1.54) is 270 Å². The molecule has 1 unspecified atom stereocenters. The summed E-state index contributed by atoms with van der Waals surface area (Å²) in [5.74, 6) is -0.846. The van der Waals surface area contributed by atoms with Crippen LogP contribution in [-0.2, 0) is 28.6 Å². The van der Waals surface area contributed by atoms with Crippen LogP contribution < -0.4 is 0 Å². The molecule has 0 rings (SSSR count). The molecular weight excluding hydrogens is 961 g/mol. The van der Waals surface area contributed by atoms with Gasteiger partial charge in [-0.2, -0.15) is 0 Å². The summed E-state index contributed by atoms with van der Waals surface area (Å²) < 4.78 is 17.0. The quantitative estimate of drug-likeness (QED) is 0.0261. The summed E-state index contributed by atoms with van der Waals surface area (Å²) in [7, 11) is 0. The molecule has 0 saturated heterocycles. The Kier molecular flexibility index (Phi) is 65.1. The number of carbonyl (C=O) groups excluding carboxylic acids is 3. The van der Waals surface area contributed by atoms with Crippen LogP contribution in [0, 0.1) is 0 Å². The lowest BCUT2D eigenvalue weighted by atomic mass is 10.0. The van der Waals surface area contributed by atoms with Crippen LogP contribution in [0.4, 0.5) is 0 Å². The fourth-order valence-electron chi connectivity index (χ4n) is 10.6. The monoisotopic (exact) mass is 1100 g/mol. The van der Waals surface area contributed by atoms with Gasteiger partial charge in [0.15, 0.2) is 6.10 Å². The summed E-state index contributed by atoms with van der Waals surface area (Å²) in [6.45, 7) is 6.70. The van der Waals surface area contributed by atoms with E-state index >= 15 is 0 Å². The average molecular weight is 1100 g/mol. The number of carbonyl (C=O) groups is 3. The number of allylic oxidation sites excluding steroid dienone is 6. The van der Waals surface area contributed by atoms with Gasteiger partial charge in [0.2, 0.25) is 0 Å². The second-order valence-corrected chi connectivity index (χ2v) is 23.8. The largest absolute Gasteiger partial charge is 0.462 e. The van der Waals surface area contributed by atoms with Crippen LogP contribution in [0.1, 0.15) is 387 Å². The van der Waals surface area contributed by atoms with E-state index in [9.17, 15) is 14.4 Å². The summed E-state index contributed by atoms with van der Waals surface area (Å²) >= 11 is 0. The van der Waals surface area contributed by atoms with Crippen molar-refractivity contribution >= 4 is 17.9 Å². The molecule has 0 heterocycles. The lowest BCUT2D eigenvalue weighted by Gasteiger charge is -2.18. The van der Waals surface area contributed by atoms with Gasteiger partial charge in [0.05, 0.1) is 0 Å². The van der Waals surface area contributed by atoms with E-state index in [4.69, 9.17) is 14.2 Å². The Bertz CT molecular complexity index is 1300. The molecule has 6 heteroatoms. The molecule has 0 amide bonds. The Hall–Kier alpha value is -2.37. The number of ether oxygens (including phenoxy) is 3. The molecule has 458 valence electrons. The molecule has 0 spiro atoms. The predicted octanol–water partition coefficient (Wildman–Crippen LogP) is 23.9. The number of rotatable bonds is 65. The SMILES string of the molecule is CCCCCCC/C=C\C/C=C\C/C=C\CCCCCCCCCCC(=O)OCC(COC(=O)CCCCCCCCCCCCCCCC)OC(=O)CCCCCCCCCCCCCCCCCCCCCCCCC. The third-order valence-corrected chi connectivity index (χ3v) is 15.9. The first-order valence-corrected chi connectivity index (χ1v) is 35.0. The predicted molar refractivity (Wildman–Crippen MR) is 339 cm³/mol. The molecule has 1 atom stereocenters. The molecule has 0 bridgehead atoms. The van der Waals surface area contributed by atoms with Crippen molar-refractivity contribution in [2.45, 2.75) is 393 Å². The zero-order valence-corrected chi connectivity index (χ0v) is 52.7. The summed E-state index contributed by atoms with van der Waals surface area (Å²) in [5.41, 5.74) is 0. The van der Waals surface area contributed by atoms with Gasteiger partial charge in [0.25, 0.3) is 0 Å². The highest BCUT2D eigenvalue weighted by Gasteiger charge is 2.19. The van der Waals surface area contributed by atoms with Crippen molar-refractivity contribution in [3.05, 3.63) is 36.5 Å². The van der Waals surface area contributed by atoms with Crippen molar-refractivity contribution in [2.75, 3.05) is 13.2 Å². The fourth-order valence-corrected chi connectivity index (χ4v) is 10.6. The van der Waals surface area contributed by atoms with Crippen molar-refractivity contribution in [3.8, 4) is 0 Å². The van der Waals surface area contributed by atoms with Crippen molar-refractivity contribution in [3.63, 3.8) is 0 Å². The second-order valence-electron chi connectivity index (χ2n) is 23.8. The average Bonchev–Trinajstić information content (AvgIpc) is 3.44. The molecule has 0 fully saturated rings. The van der Waals surface area contributed by atoms with E-state index in [2.05, 4.69) is 57.2 Å². The van der Waals surface area contributed by atoms with Gasteiger partial charge < -0.3 is 14.2 Å². The van der Waals surface area contributed by atoms with Crippen molar-refractivity contribution < 1.29 is 28.6 Å². The van der Waals surface area contributed by atoms with E-state index in [0.29, 0.717) is 19.3 Å². The van der Waals surface area contributed by atoms with Crippen molar-refractivity contribution in [1.82, 2.24) is 0 Å². The van der Waals surface area contributed by atoms with Gasteiger partial charge in [-0.25, -0.2) is 0 Å². The van der Waals surface area contributed by atoms with Crippen LogP contribution in [0.25, 0.3) is 0 Å². The normalized spacial score (nSPS) is 12.2. The van der Waals surface area contributed by atoms with Gasteiger partial charge in [-0.15, -0.1) is 0 Å².